The average molecular weight is 498 g/mol. The van der Waals surface area contributed by atoms with Crippen LogP contribution < -0.4 is 15.4 Å². The zero-order chi connectivity index (χ0) is 18.9. The first-order valence-electron chi connectivity index (χ1n) is 8.34. The van der Waals surface area contributed by atoms with Crippen molar-refractivity contribution in [2.75, 3.05) is 33.3 Å². The number of aliphatic imine (C=N–C) groups is 1. The quantitative estimate of drug-likeness (QED) is 0.209. The van der Waals surface area contributed by atoms with Crippen LogP contribution in [0.15, 0.2) is 34.2 Å². The monoisotopic (exact) mass is 498 g/mol. The van der Waals surface area contributed by atoms with Crippen molar-refractivity contribution in [2.45, 2.75) is 38.2 Å². The number of nitrogens with zero attached hydrogens (tertiary/aromatic N) is 1. The van der Waals surface area contributed by atoms with Gasteiger partial charge in [-0.05, 0) is 39.8 Å². The Bertz CT molecular complexity index is 661. The van der Waals surface area contributed by atoms with E-state index in [0.717, 1.165) is 5.56 Å². The lowest BCUT2D eigenvalue weighted by atomic mass is 10.1. The Kier molecular flexibility index (Phi) is 11.3. The van der Waals surface area contributed by atoms with Gasteiger partial charge in [0.05, 0.1) is 17.0 Å². The molecule has 0 spiro atoms. The largest absolute Gasteiger partial charge is 0.377 e. The number of hydrogen-bond donors (Lipinski definition) is 3. The molecule has 9 heteroatoms. The maximum Gasteiger partial charge on any atom is 0.240 e. The van der Waals surface area contributed by atoms with Crippen LogP contribution in [0.25, 0.3) is 0 Å². The Morgan fingerprint density at radius 1 is 1.15 bits per heavy atom. The van der Waals surface area contributed by atoms with E-state index in [0.29, 0.717) is 25.6 Å². The molecule has 0 heterocycles. The van der Waals surface area contributed by atoms with E-state index in [4.69, 9.17) is 4.74 Å². The molecule has 1 aromatic rings. The third kappa shape index (κ3) is 9.15. The second-order valence-electron chi connectivity index (χ2n) is 6.30. The molecule has 0 saturated carbocycles. The number of rotatable bonds is 9. The van der Waals surface area contributed by atoms with E-state index < -0.39 is 10.0 Å². The van der Waals surface area contributed by atoms with Gasteiger partial charge in [-0.3, -0.25) is 4.99 Å². The van der Waals surface area contributed by atoms with Gasteiger partial charge in [0.15, 0.2) is 5.96 Å². The van der Waals surface area contributed by atoms with Crippen molar-refractivity contribution >= 4 is 40.0 Å². The molecule has 0 atom stereocenters. The highest BCUT2D eigenvalue weighted by molar-refractivity contribution is 14.0. The standard InChI is InChI=1S/C17H30N4O3S.HI/c1-6-18-16(20-13-17(3,4)24-5)19-11-12-21-25(22,23)15-9-7-14(2)8-10-15;/h7-10,21H,6,11-13H2,1-5H3,(H2,18,19,20);1H. The predicted molar refractivity (Wildman–Crippen MR) is 117 cm³/mol. The summed E-state index contributed by atoms with van der Waals surface area (Å²) in [6.45, 7) is 9.69. The van der Waals surface area contributed by atoms with Crippen molar-refractivity contribution in [3.8, 4) is 0 Å². The first-order valence-corrected chi connectivity index (χ1v) is 9.82. The Balaban J connectivity index is 0.00000625. The number of halogens is 1. The summed E-state index contributed by atoms with van der Waals surface area (Å²) in [7, 11) is -1.85. The van der Waals surface area contributed by atoms with Crippen molar-refractivity contribution in [3.05, 3.63) is 29.8 Å². The lowest BCUT2D eigenvalue weighted by Crippen LogP contribution is -2.42. The minimum atomic E-state index is -3.50. The summed E-state index contributed by atoms with van der Waals surface area (Å²) < 4.78 is 32.3. The number of aryl methyl sites for hydroxylation is 1. The molecule has 0 aliphatic rings. The summed E-state index contributed by atoms with van der Waals surface area (Å²) in [5, 5.41) is 6.23. The number of hydrogen-bond acceptors (Lipinski definition) is 4. The van der Waals surface area contributed by atoms with Crippen LogP contribution in [-0.2, 0) is 14.8 Å². The van der Waals surface area contributed by atoms with Gasteiger partial charge >= 0.3 is 0 Å². The van der Waals surface area contributed by atoms with E-state index in [1.54, 1.807) is 31.4 Å². The molecule has 0 aliphatic carbocycles. The average Bonchev–Trinajstić information content (AvgIpc) is 2.57. The molecule has 0 aliphatic heterocycles. The van der Waals surface area contributed by atoms with Crippen LogP contribution >= 0.6 is 24.0 Å². The zero-order valence-corrected chi connectivity index (χ0v) is 19.3. The predicted octanol–water partition coefficient (Wildman–Crippen LogP) is 1.87. The maximum absolute atomic E-state index is 12.2. The van der Waals surface area contributed by atoms with Crippen molar-refractivity contribution in [1.82, 2.24) is 15.4 Å². The Morgan fingerprint density at radius 3 is 2.31 bits per heavy atom. The Morgan fingerprint density at radius 2 is 1.77 bits per heavy atom. The smallest absolute Gasteiger partial charge is 0.240 e. The summed E-state index contributed by atoms with van der Waals surface area (Å²) in [4.78, 5) is 4.71. The van der Waals surface area contributed by atoms with Gasteiger partial charge in [0.2, 0.25) is 10.0 Å². The van der Waals surface area contributed by atoms with E-state index in [-0.39, 0.29) is 41.0 Å². The summed E-state index contributed by atoms with van der Waals surface area (Å²) in [6.07, 6.45) is 0. The second-order valence-corrected chi connectivity index (χ2v) is 8.06. The van der Waals surface area contributed by atoms with Gasteiger partial charge in [-0.15, -0.1) is 24.0 Å². The van der Waals surface area contributed by atoms with E-state index in [1.165, 1.54) is 0 Å². The van der Waals surface area contributed by atoms with Gasteiger partial charge in [0.25, 0.3) is 0 Å². The molecule has 0 amide bonds. The number of methoxy groups -OCH3 is 1. The minimum absolute atomic E-state index is 0. The van der Waals surface area contributed by atoms with Crippen LogP contribution in [0.3, 0.4) is 0 Å². The molecule has 0 bridgehead atoms. The van der Waals surface area contributed by atoms with Gasteiger partial charge in [-0.2, -0.15) is 0 Å². The topological polar surface area (TPSA) is 91.8 Å². The highest BCUT2D eigenvalue weighted by Crippen LogP contribution is 2.09. The van der Waals surface area contributed by atoms with Crippen molar-refractivity contribution in [2.24, 2.45) is 4.99 Å². The van der Waals surface area contributed by atoms with E-state index in [1.807, 2.05) is 27.7 Å². The molecule has 0 saturated heterocycles. The highest BCUT2D eigenvalue weighted by atomic mass is 127. The van der Waals surface area contributed by atoms with Crippen LogP contribution in [0, 0.1) is 6.92 Å². The lowest BCUT2D eigenvalue weighted by Gasteiger charge is -2.21. The van der Waals surface area contributed by atoms with Gasteiger partial charge in [-0.25, -0.2) is 13.1 Å². The number of ether oxygens (including phenoxy) is 1. The first-order chi connectivity index (χ1) is 11.7. The van der Waals surface area contributed by atoms with Gasteiger partial charge < -0.3 is 15.4 Å². The SMILES string of the molecule is CCNC(=NCC(C)(C)OC)NCCNS(=O)(=O)c1ccc(C)cc1.I. The lowest BCUT2D eigenvalue weighted by molar-refractivity contribution is 0.0310. The number of benzene rings is 1. The Hall–Kier alpha value is -0.910. The molecule has 150 valence electrons. The van der Waals surface area contributed by atoms with Crippen LogP contribution in [-0.4, -0.2) is 53.3 Å². The normalized spacial score (nSPS) is 12.4. The molecule has 0 radical (unpaired) electrons. The van der Waals surface area contributed by atoms with Crippen LogP contribution in [0.1, 0.15) is 26.3 Å². The maximum atomic E-state index is 12.2. The second kappa shape index (κ2) is 11.7. The van der Waals surface area contributed by atoms with Gasteiger partial charge in [-0.1, -0.05) is 17.7 Å². The molecular formula is C17H31IN4O3S. The van der Waals surface area contributed by atoms with E-state index in [9.17, 15) is 8.42 Å². The summed E-state index contributed by atoms with van der Waals surface area (Å²) in [5.74, 6) is 0.627. The van der Waals surface area contributed by atoms with Crippen molar-refractivity contribution in [1.29, 1.82) is 0 Å². The number of sulfonamides is 1. The summed E-state index contributed by atoms with van der Waals surface area (Å²) >= 11 is 0. The summed E-state index contributed by atoms with van der Waals surface area (Å²) in [6, 6.07) is 6.76. The van der Waals surface area contributed by atoms with Gasteiger partial charge in [0, 0.05) is 26.7 Å². The fourth-order valence-corrected chi connectivity index (χ4v) is 2.87. The highest BCUT2D eigenvalue weighted by Gasteiger charge is 2.16. The molecule has 26 heavy (non-hydrogen) atoms. The minimum Gasteiger partial charge on any atom is -0.377 e. The van der Waals surface area contributed by atoms with Crippen LogP contribution in [0.2, 0.25) is 0 Å². The third-order valence-corrected chi connectivity index (χ3v) is 5.03. The van der Waals surface area contributed by atoms with Crippen molar-refractivity contribution in [3.63, 3.8) is 0 Å². The van der Waals surface area contributed by atoms with Crippen LogP contribution in [0.5, 0.6) is 0 Å². The molecule has 7 nitrogen and oxygen atoms in total. The van der Waals surface area contributed by atoms with Crippen molar-refractivity contribution < 1.29 is 13.2 Å². The fraction of sp³-hybridized carbons (Fsp3) is 0.588. The molecule has 1 rings (SSSR count). The summed E-state index contributed by atoms with van der Waals surface area (Å²) in [5.41, 5.74) is 0.668. The van der Waals surface area contributed by atoms with Gasteiger partial charge in [0.1, 0.15) is 0 Å². The van der Waals surface area contributed by atoms with Crippen LogP contribution in [0.4, 0.5) is 0 Å². The van der Waals surface area contributed by atoms with E-state index >= 15 is 0 Å². The Labute approximate surface area is 174 Å². The molecule has 0 unspecified atom stereocenters. The molecule has 0 aromatic heterocycles. The molecule has 1 aromatic carbocycles. The third-order valence-electron chi connectivity index (χ3n) is 3.56. The fourth-order valence-electron chi connectivity index (χ4n) is 1.84. The molecule has 0 fully saturated rings. The molecular weight excluding hydrogens is 467 g/mol. The first kappa shape index (κ1) is 25.1. The zero-order valence-electron chi connectivity index (χ0n) is 16.1. The van der Waals surface area contributed by atoms with E-state index in [2.05, 4.69) is 20.3 Å². The number of guanidine groups is 1. The molecule has 3 N–H and O–H groups in total. The number of nitrogens with one attached hydrogen (secondary N) is 3.